The molecule has 1 heterocycles. The van der Waals surface area contributed by atoms with E-state index in [0.29, 0.717) is 6.54 Å². The van der Waals surface area contributed by atoms with Gasteiger partial charge in [0.05, 0.1) is 6.10 Å². The third kappa shape index (κ3) is 2.35. The Balaban J connectivity index is 2.55. The summed E-state index contributed by atoms with van der Waals surface area (Å²) in [4.78, 5) is 1.63. The normalized spacial score (nSPS) is 33.8. The lowest BCUT2D eigenvalue weighted by Gasteiger charge is -2.35. The fourth-order valence-corrected chi connectivity index (χ4v) is 1.34. The van der Waals surface area contributed by atoms with Gasteiger partial charge in [0.1, 0.15) is 0 Å². The number of likely N-dealkylation sites (N-methyl/N-ethyl adjacent to an activating group) is 1. The van der Waals surface area contributed by atoms with E-state index in [0.717, 1.165) is 0 Å². The van der Waals surface area contributed by atoms with Gasteiger partial charge in [0.2, 0.25) is 0 Å². The summed E-state index contributed by atoms with van der Waals surface area (Å²) >= 11 is 0. The van der Waals surface area contributed by atoms with E-state index < -0.39 is 12.3 Å². The number of ether oxygens (including phenoxy) is 1. The minimum Gasteiger partial charge on any atom is -0.363 e. The molecule has 1 aliphatic rings. The lowest BCUT2D eigenvalue weighted by molar-refractivity contribution is -0.249. The molecule has 0 radical (unpaired) electrons. The van der Waals surface area contributed by atoms with Crippen molar-refractivity contribution in [3.63, 3.8) is 0 Å². The second-order valence-corrected chi connectivity index (χ2v) is 3.20. The monoisotopic (exact) mass is 183 g/mol. The van der Waals surface area contributed by atoms with Gasteiger partial charge in [-0.2, -0.15) is 13.2 Å². The Kier molecular flexibility index (Phi) is 2.63. The summed E-state index contributed by atoms with van der Waals surface area (Å²) in [6.07, 6.45) is -6.19. The summed E-state index contributed by atoms with van der Waals surface area (Å²) in [5.74, 6) is 0. The fraction of sp³-hybridized carbons (Fsp3) is 1.00. The van der Waals surface area contributed by atoms with Crippen LogP contribution in [0.1, 0.15) is 6.92 Å². The molecule has 12 heavy (non-hydrogen) atoms. The molecule has 0 aromatic heterocycles. The Labute approximate surface area is 69.3 Å². The predicted octanol–water partition coefficient (Wildman–Crippen LogP) is 1.27. The summed E-state index contributed by atoms with van der Waals surface area (Å²) in [6, 6.07) is 0. The molecule has 1 fully saturated rings. The number of alkyl halides is 3. The molecule has 0 aromatic rings. The molecule has 0 aliphatic carbocycles. The second kappa shape index (κ2) is 3.22. The first-order chi connectivity index (χ1) is 5.39. The topological polar surface area (TPSA) is 12.5 Å². The van der Waals surface area contributed by atoms with Gasteiger partial charge >= 0.3 is 6.18 Å². The van der Waals surface area contributed by atoms with Crippen molar-refractivity contribution in [1.82, 2.24) is 4.90 Å². The van der Waals surface area contributed by atoms with E-state index in [9.17, 15) is 13.2 Å². The average molecular weight is 183 g/mol. The molecular weight excluding hydrogens is 171 g/mol. The average Bonchev–Trinajstić information content (AvgIpc) is 1.82. The molecule has 2 atom stereocenters. The van der Waals surface area contributed by atoms with Crippen molar-refractivity contribution >= 4 is 0 Å². The highest BCUT2D eigenvalue weighted by molar-refractivity contribution is 4.78. The highest BCUT2D eigenvalue weighted by Crippen LogP contribution is 2.26. The lowest BCUT2D eigenvalue weighted by atomic mass is 10.2. The molecule has 5 heteroatoms. The van der Waals surface area contributed by atoms with Crippen molar-refractivity contribution in [3.8, 4) is 0 Å². The third-order valence-electron chi connectivity index (χ3n) is 1.81. The summed E-state index contributed by atoms with van der Waals surface area (Å²) < 4.78 is 41.2. The maximum absolute atomic E-state index is 12.1. The van der Waals surface area contributed by atoms with Crippen molar-refractivity contribution in [3.05, 3.63) is 0 Å². The number of nitrogens with zero attached hydrogens (tertiary/aromatic N) is 1. The van der Waals surface area contributed by atoms with Gasteiger partial charge in [-0.1, -0.05) is 0 Å². The quantitative estimate of drug-likeness (QED) is 0.560. The Morgan fingerprint density at radius 1 is 1.33 bits per heavy atom. The van der Waals surface area contributed by atoms with Crippen LogP contribution < -0.4 is 0 Å². The van der Waals surface area contributed by atoms with E-state index in [1.54, 1.807) is 18.9 Å². The summed E-state index contributed by atoms with van der Waals surface area (Å²) in [6.45, 7) is 2.15. The maximum Gasteiger partial charge on any atom is 0.415 e. The van der Waals surface area contributed by atoms with Gasteiger partial charge in [-0.3, -0.25) is 0 Å². The highest BCUT2D eigenvalue weighted by Gasteiger charge is 2.44. The summed E-state index contributed by atoms with van der Waals surface area (Å²) in [7, 11) is 1.66. The molecule has 0 aromatic carbocycles. The number of rotatable bonds is 0. The summed E-state index contributed by atoms with van der Waals surface area (Å²) in [5, 5.41) is 0. The first-order valence-electron chi connectivity index (χ1n) is 3.80. The number of hydrogen-bond donors (Lipinski definition) is 0. The molecule has 1 saturated heterocycles. The molecule has 1 rings (SSSR count). The molecule has 0 N–H and O–H groups in total. The first-order valence-corrected chi connectivity index (χ1v) is 3.80. The van der Waals surface area contributed by atoms with Crippen LogP contribution in [0.5, 0.6) is 0 Å². The predicted molar refractivity (Wildman–Crippen MR) is 37.9 cm³/mol. The molecule has 0 spiro atoms. The minimum absolute atomic E-state index is 0.0617. The first kappa shape index (κ1) is 9.80. The Hall–Kier alpha value is -0.290. The van der Waals surface area contributed by atoms with Crippen LogP contribution >= 0.6 is 0 Å². The van der Waals surface area contributed by atoms with Crippen LogP contribution in [-0.2, 0) is 4.74 Å². The second-order valence-electron chi connectivity index (χ2n) is 3.20. The van der Waals surface area contributed by atoms with Crippen LogP contribution in [0, 0.1) is 0 Å². The van der Waals surface area contributed by atoms with Crippen LogP contribution in [0.15, 0.2) is 0 Å². The van der Waals surface area contributed by atoms with Gasteiger partial charge in [-0.15, -0.1) is 0 Å². The van der Waals surface area contributed by atoms with E-state index in [4.69, 9.17) is 4.74 Å². The van der Waals surface area contributed by atoms with E-state index in [1.807, 2.05) is 0 Å². The van der Waals surface area contributed by atoms with Crippen molar-refractivity contribution in [2.75, 3.05) is 20.1 Å². The van der Waals surface area contributed by atoms with Crippen LogP contribution in [-0.4, -0.2) is 43.4 Å². The molecule has 72 valence electrons. The summed E-state index contributed by atoms with van der Waals surface area (Å²) in [5.41, 5.74) is 0. The van der Waals surface area contributed by atoms with E-state index in [-0.39, 0.29) is 12.6 Å². The zero-order valence-corrected chi connectivity index (χ0v) is 7.06. The zero-order valence-electron chi connectivity index (χ0n) is 7.06. The Morgan fingerprint density at radius 3 is 2.33 bits per heavy atom. The molecule has 0 amide bonds. The van der Waals surface area contributed by atoms with Crippen LogP contribution in [0.25, 0.3) is 0 Å². The molecule has 1 aliphatic heterocycles. The SMILES string of the molecule is CC1CN(C)C[C@H](C(F)(F)F)O1. The maximum atomic E-state index is 12.1. The Bertz CT molecular complexity index is 149. The molecular formula is C7H12F3NO. The number of hydrogen-bond acceptors (Lipinski definition) is 2. The zero-order chi connectivity index (χ0) is 9.35. The van der Waals surface area contributed by atoms with E-state index >= 15 is 0 Å². The lowest BCUT2D eigenvalue weighted by Crippen LogP contribution is -2.50. The van der Waals surface area contributed by atoms with Crippen molar-refractivity contribution in [2.24, 2.45) is 0 Å². The van der Waals surface area contributed by atoms with E-state index in [2.05, 4.69) is 0 Å². The van der Waals surface area contributed by atoms with Gasteiger partial charge in [0.15, 0.2) is 6.10 Å². The minimum atomic E-state index is -4.23. The van der Waals surface area contributed by atoms with Gasteiger partial charge < -0.3 is 9.64 Å². The van der Waals surface area contributed by atoms with E-state index in [1.165, 1.54) is 0 Å². The van der Waals surface area contributed by atoms with Gasteiger partial charge in [-0.25, -0.2) is 0 Å². The smallest absolute Gasteiger partial charge is 0.363 e. The molecule has 0 saturated carbocycles. The van der Waals surface area contributed by atoms with Crippen molar-refractivity contribution < 1.29 is 17.9 Å². The number of halogens is 3. The largest absolute Gasteiger partial charge is 0.415 e. The van der Waals surface area contributed by atoms with Crippen molar-refractivity contribution in [2.45, 2.75) is 25.3 Å². The molecule has 2 nitrogen and oxygen atoms in total. The standard InChI is InChI=1S/C7H12F3NO/c1-5-3-11(2)4-6(12-5)7(8,9)10/h5-6H,3-4H2,1-2H3/t5?,6-/m1/s1. The Morgan fingerprint density at radius 2 is 1.92 bits per heavy atom. The highest BCUT2D eigenvalue weighted by atomic mass is 19.4. The van der Waals surface area contributed by atoms with Gasteiger partial charge in [0.25, 0.3) is 0 Å². The van der Waals surface area contributed by atoms with Crippen molar-refractivity contribution in [1.29, 1.82) is 0 Å². The third-order valence-corrected chi connectivity index (χ3v) is 1.81. The van der Waals surface area contributed by atoms with Gasteiger partial charge in [-0.05, 0) is 14.0 Å². The molecule has 0 bridgehead atoms. The van der Waals surface area contributed by atoms with Gasteiger partial charge in [0, 0.05) is 13.1 Å². The number of morpholine rings is 1. The molecule has 1 unspecified atom stereocenters. The van der Waals surface area contributed by atoms with Crippen LogP contribution in [0.3, 0.4) is 0 Å². The van der Waals surface area contributed by atoms with Crippen LogP contribution in [0.4, 0.5) is 13.2 Å². The fourth-order valence-electron chi connectivity index (χ4n) is 1.34. The van der Waals surface area contributed by atoms with Crippen LogP contribution in [0.2, 0.25) is 0 Å².